The molecule has 1 aromatic carbocycles. The van der Waals surface area contributed by atoms with E-state index in [1.54, 1.807) is 6.20 Å². The molecule has 3 aromatic rings. The molecular weight excluding hydrogens is 348 g/mol. The number of anilines is 1. The van der Waals surface area contributed by atoms with E-state index in [1.807, 2.05) is 35.4 Å². The van der Waals surface area contributed by atoms with Gasteiger partial charge in [-0.25, -0.2) is 4.98 Å². The summed E-state index contributed by atoms with van der Waals surface area (Å²) in [5.74, 6) is 0.998. The fourth-order valence-electron chi connectivity index (χ4n) is 3.75. The van der Waals surface area contributed by atoms with Crippen molar-refractivity contribution in [3.05, 3.63) is 66.1 Å². The predicted octanol–water partition coefficient (Wildman–Crippen LogP) is 3.93. The van der Waals surface area contributed by atoms with Gasteiger partial charge in [0.25, 0.3) is 5.91 Å². The van der Waals surface area contributed by atoms with Gasteiger partial charge in [0.15, 0.2) is 0 Å². The number of hydrogen-bond donors (Lipinski definition) is 0. The molecule has 28 heavy (non-hydrogen) atoms. The molecule has 0 bridgehead atoms. The normalized spacial score (nSPS) is 14.5. The highest BCUT2D eigenvalue weighted by Crippen LogP contribution is 2.22. The number of unbranched alkanes of at least 4 members (excludes halogenated alkanes) is 1. The van der Waals surface area contributed by atoms with E-state index in [0.717, 1.165) is 48.9 Å². The minimum Gasteiger partial charge on any atom is -0.353 e. The van der Waals surface area contributed by atoms with E-state index in [2.05, 4.69) is 40.0 Å². The van der Waals surface area contributed by atoms with Gasteiger partial charge in [0.1, 0.15) is 11.5 Å². The molecule has 4 rings (SSSR count). The summed E-state index contributed by atoms with van der Waals surface area (Å²) >= 11 is 0. The van der Waals surface area contributed by atoms with Gasteiger partial charge >= 0.3 is 0 Å². The molecule has 0 saturated carbocycles. The Morgan fingerprint density at radius 1 is 1.00 bits per heavy atom. The summed E-state index contributed by atoms with van der Waals surface area (Å²) in [7, 11) is 0. The molecule has 0 unspecified atom stereocenters. The fraction of sp³-hybridized carbons (Fsp3) is 0.348. The molecule has 1 aliphatic rings. The molecule has 0 N–H and O–H groups in total. The monoisotopic (exact) mass is 374 g/mol. The second-order valence-electron chi connectivity index (χ2n) is 7.29. The number of piperazine rings is 1. The maximum absolute atomic E-state index is 13.2. The summed E-state index contributed by atoms with van der Waals surface area (Å²) in [5.41, 5.74) is 1.85. The fourth-order valence-corrected chi connectivity index (χ4v) is 3.75. The van der Waals surface area contributed by atoms with Gasteiger partial charge in [0, 0.05) is 44.0 Å². The van der Waals surface area contributed by atoms with Crippen molar-refractivity contribution < 1.29 is 4.79 Å². The van der Waals surface area contributed by atoms with Crippen LogP contribution in [0.4, 0.5) is 5.82 Å². The number of carbonyl (C=O) groups excluding carboxylic acids is 1. The third-order valence-corrected chi connectivity index (χ3v) is 5.39. The molecule has 1 aliphatic heterocycles. The summed E-state index contributed by atoms with van der Waals surface area (Å²) < 4.78 is 0. The Kier molecular flexibility index (Phi) is 5.51. The molecular formula is C23H26N4O. The van der Waals surface area contributed by atoms with Crippen LogP contribution in [0, 0.1) is 0 Å². The molecule has 1 saturated heterocycles. The first-order valence-corrected chi connectivity index (χ1v) is 10.1. The SMILES string of the molecule is CCCCc1ccc2ccnc(C(=O)N3CCN(c4ccccn4)CC3)c2c1. The van der Waals surface area contributed by atoms with E-state index in [4.69, 9.17) is 0 Å². The lowest BCUT2D eigenvalue weighted by atomic mass is 10.0. The lowest BCUT2D eigenvalue weighted by Gasteiger charge is -2.35. The van der Waals surface area contributed by atoms with E-state index in [9.17, 15) is 4.79 Å². The van der Waals surface area contributed by atoms with Gasteiger partial charge in [0.05, 0.1) is 0 Å². The number of aryl methyl sites for hydroxylation is 1. The number of nitrogens with zero attached hydrogens (tertiary/aromatic N) is 4. The number of amides is 1. The average Bonchev–Trinajstić information content (AvgIpc) is 2.77. The van der Waals surface area contributed by atoms with E-state index in [1.165, 1.54) is 5.56 Å². The largest absolute Gasteiger partial charge is 0.353 e. The lowest BCUT2D eigenvalue weighted by Crippen LogP contribution is -2.49. The van der Waals surface area contributed by atoms with Gasteiger partial charge in [-0.05, 0) is 48.1 Å². The third kappa shape index (κ3) is 3.84. The van der Waals surface area contributed by atoms with Crippen LogP contribution in [0.5, 0.6) is 0 Å². The van der Waals surface area contributed by atoms with Crippen LogP contribution < -0.4 is 4.90 Å². The second kappa shape index (κ2) is 8.38. The molecule has 5 nitrogen and oxygen atoms in total. The maximum atomic E-state index is 13.2. The molecule has 144 valence electrons. The Morgan fingerprint density at radius 3 is 2.61 bits per heavy atom. The number of hydrogen-bond acceptors (Lipinski definition) is 4. The van der Waals surface area contributed by atoms with Gasteiger partial charge in [-0.1, -0.05) is 31.5 Å². The molecule has 2 aromatic heterocycles. The number of carbonyl (C=O) groups is 1. The average molecular weight is 374 g/mol. The first-order chi connectivity index (χ1) is 13.8. The Labute approximate surface area is 166 Å². The van der Waals surface area contributed by atoms with Crippen molar-refractivity contribution in [2.75, 3.05) is 31.1 Å². The lowest BCUT2D eigenvalue weighted by molar-refractivity contribution is 0.0743. The molecule has 1 fully saturated rings. The van der Waals surface area contributed by atoms with E-state index in [0.29, 0.717) is 18.8 Å². The van der Waals surface area contributed by atoms with Gasteiger partial charge < -0.3 is 9.80 Å². The second-order valence-corrected chi connectivity index (χ2v) is 7.29. The highest BCUT2D eigenvalue weighted by atomic mass is 16.2. The molecule has 3 heterocycles. The first-order valence-electron chi connectivity index (χ1n) is 10.1. The summed E-state index contributed by atoms with van der Waals surface area (Å²) in [6.45, 7) is 5.14. The minimum absolute atomic E-state index is 0.0268. The molecule has 0 aliphatic carbocycles. The van der Waals surface area contributed by atoms with Crippen molar-refractivity contribution >= 4 is 22.5 Å². The number of benzene rings is 1. The minimum atomic E-state index is 0.0268. The molecule has 0 atom stereocenters. The zero-order valence-electron chi connectivity index (χ0n) is 16.3. The van der Waals surface area contributed by atoms with Crippen molar-refractivity contribution in [2.24, 2.45) is 0 Å². The molecule has 1 amide bonds. The van der Waals surface area contributed by atoms with Crippen LogP contribution in [-0.4, -0.2) is 47.0 Å². The van der Waals surface area contributed by atoms with Crippen LogP contribution in [0.15, 0.2) is 54.9 Å². The molecule has 0 spiro atoms. The van der Waals surface area contributed by atoms with Gasteiger partial charge in [-0.2, -0.15) is 0 Å². The maximum Gasteiger partial charge on any atom is 0.273 e. The number of aromatic nitrogens is 2. The third-order valence-electron chi connectivity index (χ3n) is 5.39. The van der Waals surface area contributed by atoms with E-state index in [-0.39, 0.29) is 5.91 Å². The Balaban J connectivity index is 1.52. The zero-order chi connectivity index (χ0) is 19.3. The predicted molar refractivity (Wildman–Crippen MR) is 113 cm³/mol. The van der Waals surface area contributed by atoms with Crippen molar-refractivity contribution in [2.45, 2.75) is 26.2 Å². The van der Waals surface area contributed by atoms with Gasteiger partial charge in [-0.3, -0.25) is 9.78 Å². The quantitative estimate of drug-likeness (QED) is 0.679. The number of fused-ring (bicyclic) bond motifs is 1. The van der Waals surface area contributed by atoms with Crippen molar-refractivity contribution in [1.29, 1.82) is 0 Å². The highest BCUT2D eigenvalue weighted by Gasteiger charge is 2.24. The first kappa shape index (κ1) is 18.4. The Hall–Kier alpha value is -2.95. The topological polar surface area (TPSA) is 49.3 Å². The Bertz CT molecular complexity index is 949. The van der Waals surface area contributed by atoms with Gasteiger partial charge in [-0.15, -0.1) is 0 Å². The smallest absolute Gasteiger partial charge is 0.273 e. The molecule has 0 radical (unpaired) electrons. The Morgan fingerprint density at radius 2 is 1.86 bits per heavy atom. The molecule has 5 heteroatoms. The summed E-state index contributed by atoms with van der Waals surface area (Å²) in [6.07, 6.45) is 6.91. The van der Waals surface area contributed by atoms with Crippen LogP contribution in [0.2, 0.25) is 0 Å². The standard InChI is InChI=1S/C23H26N4O/c1-2-3-6-18-8-9-19-10-12-25-22(20(19)17-18)23(28)27-15-13-26(14-16-27)21-7-4-5-11-24-21/h4-5,7-12,17H,2-3,6,13-16H2,1H3. The number of pyridine rings is 2. The van der Waals surface area contributed by atoms with Crippen LogP contribution in [0.3, 0.4) is 0 Å². The summed E-state index contributed by atoms with van der Waals surface area (Å²) in [5, 5.41) is 2.04. The van der Waals surface area contributed by atoms with E-state index < -0.39 is 0 Å². The summed E-state index contributed by atoms with van der Waals surface area (Å²) in [6, 6.07) is 14.3. The van der Waals surface area contributed by atoms with Crippen LogP contribution in [0.25, 0.3) is 10.8 Å². The summed E-state index contributed by atoms with van der Waals surface area (Å²) in [4.78, 5) is 26.2. The van der Waals surface area contributed by atoms with Crippen LogP contribution in [0.1, 0.15) is 35.8 Å². The van der Waals surface area contributed by atoms with Crippen LogP contribution in [-0.2, 0) is 6.42 Å². The highest BCUT2D eigenvalue weighted by molar-refractivity contribution is 6.05. The number of rotatable bonds is 5. The zero-order valence-corrected chi connectivity index (χ0v) is 16.3. The van der Waals surface area contributed by atoms with Crippen molar-refractivity contribution in [3.63, 3.8) is 0 Å². The van der Waals surface area contributed by atoms with Gasteiger partial charge in [0.2, 0.25) is 0 Å². The van der Waals surface area contributed by atoms with Crippen molar-refractivity contribution in [1.82, 2.24) is 14.9 Å². The van der Waals surface area contributed by atoms with Crippen LogP contribution >= 0.6 is 0 Å². The van der Waals surface area contributed by atoms with Crippen molar-refractivity contribution in [3.8, 4) is 0 Å². The van der Waals surface area contributed by atoms with E-state index >= 15 is 0 Å².